The topological polar surface area (TPSA) is 21.3 Å². The van der Waals surface area contributed by atoms with Gasteiger partial charge in [0.05, 0.1) is 10.0 Å². The highest BCUT2D eigenvalue weighted by Crippen LogP contribution is 2.35. The van der Waals surface area contributed by atoms with Gasteiger partial charge in [0.25, 0.3) is 0 Å². The van der Waals surface area contributed by atoms with E-state index in [4.69, 9.17) is 39.5 Å². The number of rotatable bonds is 6. The lowest BCUT2D eigenvalue weighted by Crippen LogP contribution is -2.03. The van der Waals surface area contributed by atoms with Crippen LogP contribution in [0.25, 0.3) is 0 Å². The van der Waals surface area contributed by atoms with E-state index in [0.717, 1.165) is 16.8 Å². The minimum atomic E-state index is 0.305. The molecule has 0 spiro atoms. The highest BCUT2D eigenvalue weighted by molar-refractivity contribution is 6.37. The first kappa shape index (κ1) is 19.9. The molecule has 0 heterocycles. The number of halogens is 3. The third-order valence-corrected chi connectivity index (χ3v) is 5.41. The van der Waals surface area contributed by atoms with Crippen LogP contribution in [0.1, 0.15) is 22.3 Å². The number of nitrogens with one attached hydrogen (secondary N) is 1. The second kappa shape index (κ2) is 8.88. The molecule has 0 saturated carbocycles. The Morgan fingerprint density at radius 1 is 0.852 bits per heavy atom. The summed E-state index contributed by atoms with van der Waals surface area (Å²) in [7, 11) is 0. The number of benzene rings is 3. The van der Waals surface area contributed by atoms with Crippen LogP contribution in [0, 0.1) is 13.8 Å². The molecule has 3 aromatic rings. The average molecular weight is 421 g/mol. The van der Waals surface area contributed by atoms with E-state index < -0.39 is 0 Å². The number of aryl methyl sites for hydroxylation is 1. The minimum absolute atomic E-state index is 0.305. The first-order chi connectivity index (χ1) is 13.0. The Morgan fingerprint density at radius 3 is 2.26 bits per heavy atom. The van der Waals surface area contributed by atoms with Crippen molar-refractivity contribution in [2.45, 2.75) is 27.0 Å². The molecule has 0 aliphatic rings. The number of hydrogen-bond acceptors (Lipinski definition) is 2. The van der Waals surface area contributed by atoms with Crippen LogP contribution in [0.3, 0.4) is 0 Å². The van der Waals surface area contributed by atoms with Crippen LogP contribution >= 0.6 is 34.8 Å². The van der Waals surface area contributed by atoms with Gasteiger partial charge >= 0.3 is 0 Å². The molecule has 1 N–H and O–H groups in total. The Bertz CT molecular complexity index is 933. The summed E-state index contributed by atoms with van der Waals surface area (Å²) in [6.07, 6.45) is 0. The number of ether oxygens (including phenoxy) is 1. The van der Waals surface area contributed by atoms with Crippen LogP contribution < -0.4 is 10.1 Å². The second-order valence-corrected chi connectivity index (χ2v) is 7.59. The quantitative estimate of drug-likeness (QED) is 0.447. The molecule has 3 rings (SSSR count). The molecule has 0 saturated heterocycles. The van der Waals surface area contributed by atoms with Gasteiger partial charge in [-0.15, -0.1) is 0 Å². The molecular weight excluding hydrogens is 401 g/mol. The fraction of sp³-hybridized carbons (Fsp3) is 0.182. The molecule has 0 aliphatic carbocycles. The van der Waals surface area contributed by atoms with Gasteiger partial charge in [0, 0.05) is 22.8 Å². The van der Waals surface area contributed by atoms with Crippen molar-refractivity contribution in [2.75, 3.05) is 5.32 Å². The molecule has 0 atom stereocenters. The molecule has 2 nitrogen and oxygen atoms in total. The smallest absolute Gasteiger partial charge is 0.156 e. The Labute approximate surface area is 175 Å². The first-order valence-corrected chi connectivity index (χ1v) is 9.73. The maximum absolute atomic E-state index is 6.41. The van der Waals surface area contributed by atoms with Crippen LogP contribution in [-0.4, -0.2) is 0 Å². The third kappa shape index (κ3) is 4.90. The van der Waals surface area contributed by atoms with Crippen molar-refractivity contribution in [1.82, 2.24) is 0 Å². The molecule has 140 valence electrons. The summed E-state index contributed by atoms with van der Waals surface area (Å²) in [6.45, 7) is 5.12. The van der Waals surface area contributed by atoms with Gasteiger partial charge in [0.2, 0.25) is 0 Å². The van der Waals surface area contributed by atoms with Crippen LogP contribution in [0.5, 0.6) is 5.75 Å². The van der Waals surface area contributed by atoms with Crippen LogP contribution in [0.15, 0.2) is 54.6 Å². The van der Waals surface area contributed by atoms with Crippen molar-refractivity contribution < 1.29 is 4.74 Å². The first-order valence-electron chi connectivity index (χ1n) is 8.60. The molecule has 3 aromatic carbocycles. The molecule has 27 heavy (non-hydrogen) atoms. The summed E-state index contributed by atoms with van der Waals surface area (Å²) < 4.78 is 5.82. The largest absolute Gasteiger partial charge is 0.486 e. The van der Waals surface area contributed by atoms with Crippen molar-refractivity contribution in [2.24, 2.45) is 0 Å². The lowest BCUT2D eigenvalue weighted by atomic mass is 10.1. The van der Waals surface area contributed by atoms with E-state index >= 15 is 0 Å². The van der Waals surface area contributed by atoms with E-state index in [2.05, 4.69) is 31.3 Å². The van der Waals surface area contributed by atoms with E-state index in [1.807, 2.05) is 42.5 Å². The van der Waals surface area contributed by atoms with Crippen LogP contribution in [-0.2, 0) is 13.2 Å². The normalized spacial score (nSPS) is 10.7. The molecule has 0 bridgehead atoms. The monoisotopic (exact) mass is 419 g/mol. The summed E-state index contributed by atoms with van der Waals surface area (Å²) in [4.78, 5) is 0. The van der Waals surface area contributed by atoms with E-state index in [1.165, 1.54) is 11.1 Å². The summed E-state index contributed by atoms with van der Waals surface area (Å²) >= 11 is 19.0. The predicted octanol–water partition coefficient (Wildman–Crippen LogP) is 7.45. The van der Waals surface area contributed by atoms with Gasteiger partial charge in [0.1, 0.15) is 6.61 Å². The van der Waals surface area contributed by atoms with Gasteiger partial charge in [0.15, 0.2) is 5.75 Å². The summed E-state index contributed by atoms with van der Waals surface area (Å²) in [5.74, 6) is 0.466. The summed E-state index contributed by atoms with van der Waals surface area (Å²) in [6, 6.07) is 17.5. The highest BCUT2D eigenvalue weighted by Gasteiger charge is 2.11. The maximum atomic E-state index is 6.41. The summed E-state index contributed by atoms with van der Waals surface area (Å²) in [5, 5.41) is 5.04. The van der Waals surface area contributed by atoms with Gasteiger partial charge in [-0.1, -0.05) is 65.1 Å². The zero-order chi connectivity index (χ0) is 19.4. The molecule has 0 aromatic heterocycles. The Balaban J connectivity index is 1.71. The van der Waals surface area contributed by atoms with E-state index in [9.17, 15) is 0 Å². The third-order valence-electron chi connectivity index (χ3n) is 4.48. The van der Waals surface area contributed by atoms with Gasteiger partial charge < -0.3 is 10.1 Å². The number of anilines is 1. The number of hydrogen-bond donors (Lipinski definition) is 1. The predicted molar refractivity (Wildman–Crippen MR) is 115 cm³/mol. The highest BCUT2D eigenvalue weighted by atomic mass is 35.5. The van der Waals surface area contributed by atoms with Gasteiger partial charge in [-0.3, -0.25) is 0 Å². The molecule has 0 unspecified atom stereocenters. The second-order valence-electron chi connectivity index (χ2n) is 6.37. The zero-order valence-corrected chi connectivity index (χ0v) is 17.4. The standard InChI is InChI=1S/C22H20Cl3NO/c1-14-6-5-9-21(15(14)2)26-12-16-10-19(24)22(20(25)11-16)27-13-17-7-3-4-8-18(17)23/h3-11,26H,12-13H2,1-2H3. The Morgan fingerprint density at radius 2 is 1.56 bits per heavy atom. The summed E-state index contributed by atoms with van der Waals surface area (Å²) in [5.41, 5.74) is 5.44. The fourth-order valence-corrected chi connectivity index (χ4v) is 3.59. The zero-order valence-electron chi connectivity index (χ0n) is 15.2. The minimum Gasteiger partial charge on any atom is -0.486 e. The van der Waals surface area contributed by atoms with E-state index in [-0.39, 0.29) is 0 Å². The maximum Gasteiger partial charge on any atom is 0.156 e. The van der Waals surface area contributed by atoms with Crippen molar-refractivity contribution in [3.63, 3.8) is 0 Å². The SMILES string of the molecule is Cc1cccc(NCc2cc(Cl)c(OCc3ccccc3Cl)c(Cl)c2)c1C. The van der Waals surface area contributed by atoms with Crippen LogP contribution in [0.4, 0.5) is 5.69 Å². The Kier molecular flexibility index (Phi) is 6.54. The van der Waals surface area contributed by atoms with Crippen molar-refractivity contribution in [3.05, 3.63) is 91.9 Å². The van der Waals surface area contributed by atoms with Crippen molar-refractivity contribution in [1.29, 1.82) is 0 Å². The van der Waals surface area contributed by atoms with Crippen LogP contribution in [0.2, 0.25) is 15.1 Å². The van der Waals surface area contributed by atoms with E-state index in [0.29, 0.717) is 34.0 Å². The molecule has 0 amide bonds. The lowest BCUT2D eigenvalue weighted by Gasteiger charge is -2.14. The van der Waals surface area contributed by atoms with Crippen molar-refractivity contribution >= 4 is 40.5 Å². The van der Waals surface area contributed by atoms with E-state index in [1.54, 1.807) is 0 Å². The molecule has 0 fully saturated rings. The van der Waals surface area contributed by atoms with Gasteiger partial charge in [-0.25, -0.2) is 0 Å². The molecule has 0 radical (unpaired) electrons. The molecule has 5 heteroatoms. The molecular formula is C22H20Cl3NO. The fourth-order valence-electron chi connectivity index (χ4n) is 2.76. The van der Waals surface area contributed by atoms with Gasteiger partial charge in [-0.2, -0.15) is 0 Å². The lowest BCUT2D eigenvalue weighted by molar-refractivity contribution is 0.306. The van der Waals surface area contributed by atoms with Crippen molar-refractivity contribution in [3.8, 4) is 5.75 Å². The Hall–Kier alpha value is -1.87. The molecule has 0 aliphatic heterocycles. The average Bonchev–Trinajstić information content (AvgIpc) is 2.63. The van der Waals surface area contributed by atoms with Gasteiger partial charge in [-0.05, 0) is 54.8 Å².